The molecule has 0 spiro atoms. The standard InChI is InChI=1S/C10H8N2O/c11-8-3-4-9-10-7(8)2-1-5-12(10)6-13-9/h1-5,11H,6H2/p+1. The van der Waals surface area contributed by atoms with Crippen molar-refractivity contribution in [3.05, 3.63) is 30.5 Å². The Hall–Kier alpha value is -1.77. The van der Waals surface area contributed by atoms with E-state index in [-0.39, 0.29) is 0 Å². The van der Waals surface area contributed by atoms with Gasteiger partial charge in [0, 0.05) is 11.8 Å². The minimum absolute atomic E-state index is 0.593. The van der Waals surface area contributed by atoms with Gasteiger partial charge in [-0.3, -0.25) is 0 Å². The van der Waals surface area contributed by atoms with Gasteiger partial charge in [0.1, 0.15) is 0 Å². The molecule has 1 aliphatic rings. The minimum atomic E-state index is 0.593. The van der Waals surface area contributed by atoms with Gasteiger partial charge in [0.05, 0.1) is 5.39 Å². The maximum Gasteiger partial charge on any atom is 0.293 e. The van der Waals surface area contributed by atoms with Crippen LogP contribution >= 0.6 is 0 Å². The van der Waals surface area contributed by atoms with Crippen LogP contribution in [-0.2, 0) is 6.73 Å². The Morgan fingerprint density at radius 1 is 1.31 bits per heavy atom. The molecule has 0 saturated carbocycles. The summed E-state index contributed by atoms with van der Waals surface area (Å²) in [5, 5.41) is 1.07. The van der Waals surface area contributed by atoms with Crippen LogP contribution in [0.4, 0.5) is 5.69 Å². The number of nitrogens with zero attached hydrogens (tertiary/aromatic N) is 1. The highest BCUT2D eigenvalue weighted by Crippen LogP contribution is 2.29. The second kappa shape index (κ2) is 2.13. The van der Waals surface area contributed by atoms with Crippen molar-refractivity contribution in [3.8, 4) is 5.75 Å². The summed E-state index contributed by atoms with van der Waals surface area (Å²) in [5.41, 5.74) is 7.76. The van der Waals surface area contributed by atoms with E-state index in [2.05, 4.69) is 4.57 Å². The first-order chi connectivity index (χ1) is 6.36. The lowest BCUT2D eigenvalue weighted by atomic mass is 10.2. The van der Waals surface area contributed by atoms with Crippen LogP contribution in [0, 0.1) is 0 Å². The fourth-order valence-corrected chi connectivity index (χ4v) is 1.76. The van der Waals surface area contributed by atoms with Crippen molar-refractivity contribution in [1.29, 1.82) is 0 Å². The molecule has 1 aromatic carbocycles. The van der Waals surface area contributed by atoms with Gasteiger partial charge < -0.3 is 10.5 Å². The number of hydrogen-bond donors (Lipinski definition) is 1. The van der Waals surface area contributed by atoms with Gasteiger partial charge in [-0.2, -0.15) is 4.57 Å². The van der Waals surface area contributed by atoms with Gasteiger partial charge in [0.25, 0.3) is 12.2 Å². The second-order valence-electron chi connectivity index (χ2n) is 3.17. The number of anilines is 1. The fraction of sp³-hybridized carbons (Fsp3) is 0.100. The zero-order valence-electron chi connectivity index (χ0n) is 7.03. The first-order valence-corrected chi connectivity index (χ1v) is 4.20. The first-order valence-electron chi connectivity index (χ1n) is 4.20. The van der Waals surface area contributed by atoms with Crippen molar-refractivity contribution in [2.45, 2.75) is 6.73 Å². The van der Waals surface area contributed by atoms with Gasteiger partial charge in [-0.25, -0.2) is 0 Å². The zero-order valence-corrected chi connectivity index (χ0v) is 7.03. The highest BCUT2D eigenvalue weighted by Gasteiger charge is 2.22. The highest BCUT2D eigenvalue weighted by molar-refractivity contribution is 5.92. The smallest absolute Gasteiger partial charge is 0.293 e. The van der Waals surface area contributed by atoms with E-state index in [0.29, 0.717) is 6.73 Å². The molecule has 0 aliphatic carbocycles. The Bertz CT molecular complexity index is 483. The molecule has 0 bridgehead atoms. The highest BCUT2D eigenvalue weighted by atomic mass is 16.5. The third-order valence-electron chi connectivity index (χ3n) is 2.39. The molecule has 0 unspecified atom stereocenters. The van der Waals surface area contributed by atoms with Gasteiger partial charge in [-0.1, -0.05) is 0 Å². The molecule has 0 radical (unpaired) electrons. The minimum Gasteiger partial charge on any atom is -0.429 e. The van der Waals surface area contributed by atoms with E-state index in [1.54, 1.807) is 0 Å². The Kier molecular flexibility index (Phi) is 1.10. The third kappa shape index (κ3) is 0.758. The van der Waals surface area contributed by atoms with Crippen molar-refractivity contribution in [2.24, 2.45) is 0 Å². The van der Waals surface area contributed by atoms with Crippen LogP contribution < -0.4 is 15.0 Å². The molecule has 2 aromatic rings. The summed E-state index contributed by atoms with van der Waals surface area (Å²) in [7, 11) is 0. The lowest BCUT2D eigenvalue weighted by Crippen LogP contribution is -2.31. The molecule has 0 saturated heterocycles. The molecule has 0 amide bonds. The molecule has 1 aliphatic heterocycles. The van der Waals surface area contributed by atoms with E-state index in [1.807, 2.05) is 30.5 Å². The van der Waals surface area contributed by atoms with E-state index in [0.717, 1.165) is 22.3 Å². The summed E-state index contributed by atoms with van der Waals surface area (Å²) in [6.45, 7) is 0.593. The molecule has 3 heteroatoms. The van der Waals surface area contributed by atoms with Crippen LogP contribution in [0.2, 0.25) is 0 Å². The van der Waals surface area contributed by atoms with Crippen LogP contribution in [-0.4, -0.2) is 0 Å². The van der Waals surface area contributed by atoms with Crippen LogP contribution in [0.5, 0.6) is 5.75 Å². The van der Waals surface area contributed by atoms with Crippen LogP contribution in [0.3, 0.4) is 0 Å². The predicted molar refractivity (Wildman–Crippen MR) is 49.2 cm³/mol. The average Bonchev–Trinajstić information content (AvgIpc) is 2.57. The Labute approximate surface area is 75.4 Å². The third-order valence-corrected chi connectivity index (χ3v) is 2.39. The molecular weight excluding hydrogens is 164 g/mol. The molecule has 3 nitrogen and oxygen atoms in total. The molecule has 3 rings (SSSR count). The monoisotopic (exact) mass is 173 g/mol. The number of rotatable bonds is 0. The number of ether oxygens (including phenoxy) is 1. The summed E-state index contributed by atoms with van der Waals surface area (Å²) in [6, 6.07) is 7.80. The Morgan fingerprint density at radius 2 is 2.23 bits per heavy atom. The topological polar surface area (TPSA) is 39.1 Å². The lowest BCUT2D eigenvalue weighted by molar-refractivity contribution is -0.688. The van der Waals surface area contributed by atoms with Crippen LogP contribution in [0.1, 0.15) is 0 Å². The Morgan fingerprint density at radius 3 is 3.15 bits per heavy atom. The number of nitrogens with two attached hydrogens (primary N) is 1. The van der Waals surface area contributed by atoms with E-state index in [1.165, 1.54) is 0 Å². The number of pyridine rings is 1. The number of hydrogen-bond acceptors (Lipinski definition) is 2. The van der Waals surface area contributed by atoms with Crippen molar-refractivity contribution < 1.29 is 9.30 Å². The zero-order chi connectivity index (χ0) is 8.84. The normalized spacial score (nSPS) is 13.2. The molecule has 2 heterocycles. The van der Waals surface area contributed by atoms with Crippen molar-refractivity contribution in [2.75, 3.05) is 5.73 Å². The van der Waals surface area contributed by atoms with Crippen molar-refractivity contribution >= 4 is 16.6 Å². The van der Waals surface area contributed by atoms with Gasteiger partial charge in [0.15, 0.2) is 11.9 Å². The molecule has 0 atom stereocenters. The van der Waals surface area contributed by atoms with Crippen molar-refractivity contribution in [3.63, 3.8) is 0 Å². The fourth-order valence-electron chi connectivity index (χ4n) is 1.76. The SMILES string of the molecule is Nc1ccc2c3c1ccc[n+]3CO2. The van der Waals surface area contributed by atoms with Gasteiger partial charge >= 0.3 is 0 Å². The maximum atomic E-state index is 5.85. The van der Waals surface area contributed by atoms with E-state index in [4.69, 9.17) is 10.5 Å². The Balaban J connectivity index is 2.58. The molecule has 13 heavy (non-hydrogen) atoms. The molecule has 0 fully saturated rings. The molecular formula is C10H9N2O+. The quantitative estimate of drug-likeness (QED) is 0.478. The first kappa shape index (κ1) is 6.71. The summed E-state index contributed by atoms with van der Waals surface area (Å²) < 4.78 is 7.53. The predicted octanol–water partition coefficient (Wildman–Crippen LogP) is 1.06. The van der Waals surface area contributed by atoms with Crippen molar-refractivity contribution in [1.82, 2.24) is 0 Å². The van der Waals surface area contributed by atoms with Crippen LogP contribution in [0.25, 0.3) is 10.9 Å². The van der Waals surface area contributed by atoms with E-state index >= 15 is 0 Å². The molecule has 2 N–H and O–H groups in total. The maximum absolute atomic E-state index is 5.85. The number of nitrogen functional groups attached to an aromatic ring is 1. The van der Waals surface area contributed by atoms with Crippen LogP contribution in [0.15, 0.2) is 30.5 Å². The lowest BCUT2D eigenvalue weighted by Gasteiger charge is -1.96. The number of aromatic nitrogens is 1. The van der Waals surface area contributed by atoms with Gasteiger partial charge in [-0.05, 0) is 18.2 Å². The van der Waals surface area contributed by atoms with Gasteiger partial charge in [0.2, 0.25) is 0 Å². The largest absolute Gasteiger partial charge is 0.429 e. The van der Waals surface area contributed by atoms with Gasteiger partial charge in [-0.15, -0.1) is 0 Å². The average molecular weight is 173 g/mol. The summed E-state index contributed by atoms with van der Waals surface area (Å²) in [6.07, 6.45) is 2.00. The van der Waals surface area contributed by atoms with E-state index < -0.39 is 0 Å². The second-order valence-corrected chi connectivity index (χ2v) is 3.17. The van der Waals surface area contributed by atoms with E-state index in [9.17, 15) is 0 Å². The number of benzene rings is 1. The summed E-state index contributed by atoms with van der Waals surface area (Å²) >= 11 is 0. The molecule has 64 valence electrons. The summed E-state index contributed by atoms with van der Waals surface area (Å²) in [5.74, 6) is 0.921. The summed E-state index contributed by atoms with van der Waals surface area (Å²) in [4.78, 5) is 0. The molecule has 1 aromatic heterocycles.